The number of halogens is 3. The third-order valence-electron chi connectivity index (χ3n) is 25.8. The van der Waals surface area contributed by atoms with Gasteiger partial charge in [-0.05, 0) is 153 Å². The first-order valence-electron chi connectivity index (χ1n) is 41.3. The molecular weight excluding hydrogens is 1360 g/mol. The molecular formula is C82H152F3N3O17. The van der Waals surface area contributed by atoms with E-state index >= 15 is 0 Å². The number of hydrogen-bond donors (Lipinski definition) is 2. The Morgan fingerprint density at radius 1 is 0.467 bits per heavy atom. The van der Waals surface area contributed by atoms with Gasteiger partial charge in [-0.3, -0.25) is 5.41 Å². The van der Waals surface area contributed by atoms with E-state index in [1.54, 1.807) is 0 Å². The molecule has 0 saturated carbocycles. The Balaban J connectivity index is 0.000000269. The Morgan fingerprint density at radius 2 is 0.819 bits per heavy atom. The Kier molecular flexibility index (Phi) is 37.5. The van der Waals surface area contributed by atoms with Crippen LogP contribution in [0.5, 0.6) is 0 Å². The molecule has 8 saturated heterocycles. The maximum absolute atomic E-state index is 12.4. The highest BCUT2D eigenvalue weighted by Gasteiger charge is 2.56. The van der Waals surface area contributed by atoms with Crippen LogP contribution in [-0.4, -0.2) is 218 Å². The van der Waals surface area contributed by atoms with Crippen molar-refractivity contribution in [2.75, 3.05) is 81.3 Å². The van der Waals surface area contributed by atoms with Crippen molar-refractivity contribution in [3.8, 4) is 0 Å². The average molecular weight is 1510 g/mol. The molecule has 8 aliphatic heterocycles. The van der Waals surface area contributed by atoms with Crippen LogP contribution in [0.1, 0.15) is 229 Å². The number of ether oxygens (including phenoxy) is 16. The van der Waals surface area contributed by atoms with E-state index in [0.29, 0.717) is 68.4 Å². The van der Waals surface area contributed by atoms with Crippen molar-refractivity contribution < 1.29 is 94.1 Å². The molecule has 0 aromatic carbocycles. The fraction of sp³-hybridized carbons (Fsp3) is 0.988. The summed E-state index contributed by atoms with van der Waals surface area (Å²) >= 11 is 0. The van der Waals surface area contributed by atoms with E-state index in [1.807, 2.05) is 41.5 Å². The highest BCUT2D eigenvalue weighted by Crippen LogP contribution is 2.48. The van der Waals surface area contributed by atoms with Crippen molar-refractivity contribution in [3.63, 3.8) is 0 Å². The highest BCUT2D eigenvalue weighted by molar-refractivity contribution is 5.78. The number of nitrogens with zero attached hydrogens (tertiary/aromatic N) is 2. The van der Waals surface area contributed by atoms with E-state index < -0.39 is 48.6 Å². The minimum atomic E-state index is -4.76. The van der Waals surface area contributed by atoms with E-state index in [1.165, 1.54) is 6.42 Å². The Labute approximate surface area is 634 Å². The third-order valence-corrected chi connectivity index (χ3v) is 25.8. The summed E-state index contributed by atoms with van der Waals surface area (Å²) in [5.74, 6) is 0.240. The van der Waals surface area contributed by atoms with Gasteiger partial charge in [-0.2, -0.15) is 13.2 Å². The molecule has 2 N–H and O–H groups in total. The Bertz CT molecular complexity index is 2450. The van der Waals surface area contributed by atoms with E-state index in [4.69, 9.17) is 81.2 Å². The van der Waals surface area contributed by atoms with Crippen LogP contribution in [-0.2, 0) is 75.8 Å². The van der Waals surface area contributed by atoms with Gasteiger partial charge in [0.1, 0.15) is 38.0 Å². The first-order valence-corrected chi connectivity index (χ1v) is 41.3. The summed E-state index contributed by atoms with van der Waals surface area (Å²) in [6.07, 6.45) is 2.88. The second kappa shape index (κ2) is 42.6. The zero-order valence-corrected chi connectivity index (χ0v) is 70.1. The van der Waals surface area contributed by atoms with Crippen LogP contribution in [0.15, 0.2) is 0 Å². The van der Waals surface area contributed by atoms with Gasteiger partial charge in [0.25, 0.3) is 5.90 Å². The standard InChI is InChI=1S/C40H75NO8.C28H53NO7.C14H24F3NO2/c1-14-24(3)33-28(7)27(6)29(8)38(45-33)48-36-30(9)34(25(4)15-2)46-39(31(36)10)47-35-26(5)21-40(11,44-20-18-16-17-19-41(12)13)49-37(35)32-22-42-23-43-32;1-9-18(2)24-20(4)23(30)21(5)27(34-24)35-25-19(3)15-28(6,33-14-12-10-11-13-29(7)8)36-26(25)22-16-31-17-32-22;1-6-7(2)11-9(4)8(3)10(5)12(19-11)20-13(18)14(15,16)17/h24-39H,14-23H2,1-13H3;18-27,30H,9-17H2,1-8H3;7-12,18H,6H2,1-5H3/t24-,25-,26+,27?,28-,29?,30+,31?,32+,33-,34?,35+,36-,37?,38+,39+,40-;18-,19+,20-,21?,22+,23-,24?,25+,26?,27+,28-;7-,8-,9-,10?,11?,12?/m000/s1. The molecule has 8 aliphatic rings. The molecule has 0 aromatic rings. The number of alkyl halides is 3. The number of rotatable bonds is 31. The molecule has 0 amide bonds. The molecule has 8 rings (SSSR count). The maximum Gasteiger partial charge on any atom is 0.467 e. The lowest BCUT2D eigenvalue weighted by Gasteiger charge is -2.52. The van der Waals surface area contributed by atoms with Crippen LogP contribution < -0.4 is 0 Å². The molecule has 0 spiro atoms. The predicted molar refractivity (Wildman–Crippen MR) is 402 cm³/mol. The molecule has 0 radical (unpaired) electrons. The summed E-state index contributed by atoms with van der Waals surface area (Å²) in [5.41, 5.74) is 0. The summed E-state index contributed by atoms with van der Waals surface area (Å²) in [4.78, 5) is 4.44. The molecule has 618 valence electrons. The van der Waals surface area contributed by atoms with Crippen molar-refractivity contribution in [2.24, 2.45) is 94.7 Å². The number of aliphatic hydroxyl groups is 1. The van der Waals surface area contributed by atoms with Crippen LogP contribution >= 0.6 is 0 Å². The molecule has 0 aromatic heterocycles. The zero-order chi connectivity index (χ0) is 78.2. The molecule has 0 bridgehead atoms. The first-order chi connectivity index (χ1) is 49.4. The summed E-state index contributed by atoms with van der Waals surface area (Å²) in [6.45, 7) is 52.5. The summed E-state index contributed by atoms with van der Waals surface area (Å²) in [5, 5.41) is 18.0. The van der Waals surface area contributed by atoms with E-state index in [9.17, 15) is 18.3 Å². The van der Waals surface area contributed by atoms with Crippen molar-refractivity contribution >= 4 is 5.90 Å². The third kappa shape index (κ3) is 25.3. The lowest BCUT2D eigenvalue weighted by Crippen LogP contribution is -2.61. The normalized spacial score (nSPS) is 42.4. The molecule has 20 nitrogen and oxygen atoms in total. The van der Waals surface area contributed by atoms with Gasteiger partial charge in [0.05, 0.1) is 75.3 Å². The lowest BCUT2D eigenvalue weighted by molar-refractivity contribution is -0.365. The van der Waals surface area contributed by atoms with Crippen molar-refractivity contribution in [2.45, 2.75) is 346 Å². The van der Waals surface area contributed by atoms with Crippen LogP contribution in [0, 0.1) is 100 Å². The zero-order valence-electron chi connectivity index (χ0n) is 70.1. The fourth-order valence-corrected chi connectivity index (χ4v) is 17.5. The quantitative estimate of drug-likeness (QED) is 0.0377. The highest BCUT2D eigenvalue weighted by atomic mass is 19.4. The molecule has 8 fully saturated rings. The van der Waals surface area contributed by atoms with Gasteiger partial charge in [0.2, 0.25) is 6.29 Å². The number of hydrogen-bond acceptors (Lipinski definition) is 20. The number of aliphatic hydroxyl groups excluding tert-OH is 1. The second-order valence-corrected chi connectivity index (χ2v) is 34.9. The lowest BCUT2D eigenvalue weighted by atomic mass is 9.75. The van der Waals surface area contributed by atoms with Crippen molar-refractivity contribution in [3.05, 3.63) is 0 Å². The Hall–Kier alpha value is -1.46. The summed E-state index contributed by atoms with van der Waals surface area (Å²) in [6, 6.07) is 0. The van der Waals surface area contributed by atoms with Gasteiger partial charge in [-0.15, -0.1) is 0 Å². The van der Waals surface area contributed by atoms with Gasteiger partial charge in [0, 0.05) is 48.3 Å². The van der Waals surface area contributed by atoms with Crippen LogP contribution in [0.25, 0.3) is 0 Å². The SMILES string of the molecule is CC[C@H](C)C1OC(OC(=N)C(F)(F)F)C(C)[C@@H](C)[C@@H]1C.CC[C@H](C)C1O[C@H](O[C@H]2C([C@H]3COCO3)O[C@](C)(OCCCCCN(C)C)C[C@H]2C)C(C)[C@@H](O)[C@@H]1C.CC[C@H](C)C1O[C@H](O[C@H]2C([C@H]3COCO3)O[C@](C)(OCCCCCN(C)C)C[C@H]2C)C(C)[C@@H](O[C@H]2O[C@@H]([C@@H](C)CC)[C@@H](C)C(C)C2C)[C@@H]1C. The smallest absolute Gasteiger partial charge is 0.444 e. The minimum absolute atomic E-state index is 0.00206. The van der Waals surface area contributed by atoms with E-state index in [2.05, 4.69) is 149 Å². The first kappa shape index (κ1) is 92.4. The van der Waals surface area contributed by atoms with Gasteiger partial charge in [-0.25, -0.2) is 0 Å². The number of nitrogens with one attached hydrogen (secondary N) is 1. The molecule has 8 heterocycles. The van der Waals surface area contributed by atoms with Gasteiger partial charge in [-0.1, -0.05) is 164 Å². The maximum atomic E-state index is 12.4. The van der Waals surface area contributed by atoms with Crippen molar-refractivity contribution in [1.82, 2.24) is 9.80 Å². The average Bonchev–Trinajstić information content (AvgIpc) is 1.57. The van der Waals surface area contributed by atoms with E-state index in [0.717, 1.165) is 77.3 Å². The topological polar surface area (TPSA) is 198 Å². The van der Waals surface area contributed by atoms with E-state index in [-0.39, 0.29) is 146 Å². The minimum Gasteiger partial charge on any atom is -0.444 e. The molecule has 34 atom stereocenters. The molecule has 0 aliphatic carbocycles. The monoisotopic (exact) mass is 1510 g/mol. The predicted octanol–water partition coefficient (Wildman–Crippen LogP) is 16.0. The van der Waals surface area contributed by atoms with Crippen LogP contribution in [0.2, 0.25) is 0 Å². The fourth-order valence-electron chi connectivity index (χ4n) is 17.5. The summed E-state index contributed by atoms with van der Waals surface area (Å²) < 4.78 is 139. The van der Waals surface area contributed by atoms with Gasteiger partial charge < -0.3 is 90.7 Å². The second-order valence-electron chi connectivity index (χ2n) is 34.9. The van der Waals surface area contributed by atoms with Crippen LogP contribution in [0.3, 0.4) is 0 Å². The summed E-state index contributed by atoms with van der Waals surface area (Å²) in [7, 11) is 8.45. The molecule has 11 unspecified atom stereocenters. The van der Waals surface area contributed by atoms with Crippen molar-refractivity contribution in [1.29, 1.82) is 5.41 Å². The molecule has 105 heavy (non-hydrogen) atoms. The number of unbranched alkanes of at least 4 members (excludes halogenated alkanes) is 4. The molecule has 23 heteroatoms. The van der Waals surface area contributed by atoms with Gasteiger partial charge >= 0.3 is 6.18 Å². The largest absolute Gasteiger partial charge is 0.467 e. The Morgan fingerprint density at radius 3 is 1.19 bits per heavy atom. The van der Waals surface area contributed by atoms with Gasteiger partial charge in [0.15, 0.2) is 30.4 Å². The van der Waals surface area contributed by atoms with Crippen LogP contribution in [0.4, 0.5) is 13.2 Å².